The highest BCUT2D eigenvalue weighted by atomic mass is 19.4. The van der Waals surface area contributed by atoms with Gasteiger partial charge < -0.3 is 15.0 Å². The Morgan fingerprint density at radius 1 is 1.28 bits per heavy atom. The van der Waals surface area contributed by atoms with E-state index < -0.39 is 11.7 Å². The predicted octanol–water partition coefficient (Wildman–Crippen LogP) is 6.25. The molecule has 0 radical (unpaired) electrons. The second-order valence-corrected chi connectivity index (χ2v) is 11.1. The molecular weight excluding hydrogens is 467 g/mol. The van der Waals surface area contributed by atoms with Crippen molar-refractivity contribution in [1.29, 1.82) is 0 Å². The van der Waals surface area contributed by atoms with Crippen LogP contribution in [0.15, 0.2) is 12.3 Å². The van der Waals surface area contributed by atoms with Gasteiger partial charge in [-0.2, -0.15) is 13.2 Å². The zero-order valence-corrected chi connectivity index (χ0v) is 23.0. The van der Waals surface area contributed by atoms with Crippen LogP contribution in [-0.4, -0.2) is 48.1 Å². The maximum Gasteiger partial charge on any atom is 0.417 e. The lowest BCUT2D eigenvalue weighted by Gasteiger charge is -2.39. The quantitative estimate of drug-likeness (QED) is 0.447. The summed E-state index contributed by atoms with van der Waals surface area (Å²) in [4.78, 5) is 18.9. The van der Waals surface area contributed by atoms with E-state index in [0.29, 0.717) is 36.2 Å². The number of hydrogen-bond acceptors (Lipinski definition) is 4. The molecule has 0 aromatic carbocycles. The number of alkyl halides is 3. The summed E-state index contributed by atoms with van der Waals surface area (Å²) in [6.45, 7) is 16.2. The second kappa shape index (κ2) is 13.8. The van der Waals surface area contributed by atoms with Gasteiger partial charge in [-0.1, -0.05) is 41.0 Å². The topological polar surface area (TPSA) is 54.5 Å². The summed E-state index contributed by atoms with van der Waals surface area (Å²) < 4.78 is 44.8. The maximum atomic E-state index is 13.2. The predicted molar refractivity (Wildman–Crippen MR) is 138 cm³/mol. The Morgan fingerprint density at radius 3 is 2.58 bits per heavy atom. The van der Waals surface area contributed by atoms with Crippen LogP contribution >= 0.6 is 0 Å². The molecule has 1 N–H and O–H groups in total. The van der Waals surface area contributed by atoms with Crippen molar-refractivity contribution in [3.05, 3.63) is 29.1 Å². The van der Waals surface area contributed by atoms with Crippen molar-refractivity contribution in [3.8, 4) is 0 Å². The number of halogens is 3. The van der Waals surface area contributed by atoms with Crippen LogP contribution in [0.3, 0.4) is 0 Å². The van der Waals surface area contributed by atoms with Crippen molar-refractivity contribution in [1.82, 2.24) is 15.2 Å². The number of carbonyl (C=O) groups excluding carboxylic acids is 1. The molecule has 1 aromatic rings. The minimum absolute atomic E-state index is 0.0401. The lowest BCUT2D eigenvalue weighted by Crippen LogP contribution is -2.43. The van der Waals surface area contributed by atoms with Crippen molar-refractivity contribution in [2.75, 3.05) is 26.3 Å². The smallest absolute Gasteiger partial charge is 0.381 e. The van der Waals surface area contributed by atoms with E-state index in [9.17, 15) is 18.0 Å². The van der Waals surface area contributed by atoms with E-state index in [2.05, 4.69) is 44.9 Å². The summed E-state index contributed by atoms with van der Waals surface area (Å²) in [6, 6.07) is 1.44. The molecule has 3 unspecified atom stereocenters. The first kappa shape index (κ1) is 30.6. The molecule has 3 atom stereocenters. The van der Waals surface area contributed by atoms with Gasteiger partial charge in [-0.25, -0.2) is 0 Å². The van der Waals surface area contributed by atoms with Gasteiger partial charge in [0.05, 0.1) is 12.2 Å². The number of hydrogen-bond donors (Lipinski definition) is 1. The average Bonchev–Trinajstić information content (AvgIpc) is 2.82. The van der Waals surface area contributed by atoms with Gasteiger partial charge in [0.1, 0.15) is 0 Å². The second-order valence-electron chi connectivity index (χ2n) is 11.1. The maximum absolute atomic E-state index is 13.2. The molecule has 1 fully saturated rings. The van der Waals surface area contributed by atoms with E-state index in [1.165, 1.54) is 6.42 Å². The first-order valence-corrected chi connectivity index (χ1v) is 13.6. The van der Waals surface area contributed by atoms with E-state index >= 15 is 0 Å². The standard InChI is InChI=1S/C25H38F3N3O2.C3H8/c1-5-18(7-6-17(2)29-13-20-9-11-33-16-24(20,3)4)23(32)31-10-8-22-19(15-31)12-21(14-30-22)25(26,27)28;1-3-2/h12,14,17-18,20,29H,5-11,13,15-16H2,1-4H3;3H2,1-2H3. The fraction of sp³-hybridized carbons (Fsp3) is 0.786. The fourth-order valence-electron chi connectivity index (χ4n) is 4.87. The Balaban J connectivity index is 0.00000145. The third kappa shape index (κ3) is 8.72. The molecular formula is C28H46F3N3O2. The SMILES string of the molecule is CCC.CCC(CCC(C)NCC1CCOCC1(C)C)C(=O)N1CCc2ncc(C(F)(F)F)cc2C1. The number of carbonyl (C=O) groups is 1. The Bertz CT molecular complexity index is 829. The molecule has 0 bridgehead atoms. The number of pyridine rings is 1. The number of nitrogens with zero attached hydrogens (tertiary/aromatic N) is 2. The van der Waals surface area contributed by atoms with Crippen LogP contribution < -0.4 is 5.32 Å². The summed E-state index contributed by atoms with van der Waals surface area (Å²) in [5.74, 6) is 0.494. The first-order chi connectivity index (χ1) is 16.9. The third-order valence-electron chi connectivity index (χ3n) is 7.37. The lowest BCUT2D eigenvalue weighted by molar-refractivity contribution is -0.138. The first-order valence-electron chi connectivity index (χ1n) is 13.6. The van der Waals surface area contributed by atoms with Gasteiger partial charge in [-0.3, -0.25) is 9.78 Å². The van der Waals surface area contributed by atoms with Gasteiger partial charge in [-0.15, -0.1) is 0 Å². The number of amides is 1. The summed E-state index contributed by atoms with van der Waals surface area (Å²) in [5.41, 5.74) is 0.579. The number of aromatic nitrogens is 1. The van der Waals surface area contributed by atoms with Gasteiger partial charge in [0.15, 0.2) is 0 Å². The summed E-state index contributed by atoms with van der Waals surface area (Å²) in [7, 11) is 0. The highest BCUT2D eigenvalue weighted by molar-refractivity contribution is 5.79. The summed E-state index contributed by atoms with van der Waals surface area (Å²) in [5, 5.41) is 3.64. The molecule has 2 aliphatic heterocycles. The monoisotopic (exact) mass is 513 g/mol. The highest BCUT2D eigenvalue weighted by Crippen LogP contribution is 2.33. The number of nitrogens with one attached hydrogen (secondary N) is 1. The molecule has 8 heteroatoms. The van der Waals surface area contributed by atoms with Crippen LogP contribution in [0.5, 0.6) is 0 Å². The molecule has 3 rings (SSSR count). The van der Waals surface area contributed by atoms with E-state index in [1.54, 1.807) is 4.90 Å². The molecule has 1 amide bonds. The Labute approximate surface area is 215 Å². The van der Waals surface area contributed by atoms with Crippen LogP contribution in [-0.2, 0) is 28.7 Å². The minimum atomic E-state index is -4.43. The molecule has 5 nitrogen and oxygen atoms in total. The minimum Gasteiger partial charge on any atom is -0.381 e. The molecule has 36 heavy (non-hydrogen) atoms. The van der Waals surface area contributed by atoms with Crippen LogP contribution in [0, 0.1) is 17.3 Å². The van der Waals surface area contributed by atoms with Crippen LogP contribution in [0.4, 0.5) is 13.2 Å². The Kier molecular flexibility index (Phi) is 11.7. The van der Waals surface area contributed by atoms with Crippen LogP contribution in [0.1, 0.15) is 90.5 Å². The average molecular weight is 514 g/mol. The number of rotatable bonds is 8. The van der Waals surface area contributed by atoms with Crippen LogP contribution in [0.25, 0.3) is 0 Å². The molecule has 2 aliphatic rings. The molecule has 0 saturated carbocycles. The van der Waals surface area contributed by atoms with Gasteiger partial charge in [0.2, 0.25) is 5.91 Å². The van der Waals surface area contributed by atoms with E-state index in [1.807, 2.05) is 6.92 Å². The van der Waals surface area contributed by atoms with Crippen molar-refractivity contribution in [2.45, 2.75) is 98.8 Å². The Morgan fingerprint density at radius 2 is 1.97 bits per heavy atom. The van der Waals surface area contributed by atoms with Crippen molar-refractivity contribution in [3.63, 3.8) is 0 Å². The molecule has 1 aromatic heterocycles. The Hall–Kier alpha value is -1.67. The van der Waals surface area contributed by atoms with Gasteiger partial charge in [0, 0.05) is 50.0 Å². The lowest BCUT2D eigenvalue weighted by atomic mass is 9.76. The molecule has 206 valence electrons. The van der Waals surface area contributed by atoms with Crippen molar-refractivity contribution < 1.29 is 22.7 Å². The van der Waals surface area contributed by atoms with Crippen LogP contribution in [0.2, 0.25) is 0 Å². The van der Waals surface area contributed by atoms with E-state index in [-0.39, 0.29) is 23.8 Å². The summed E-state index contributed by atoms with van der Waals surface area (Å²) >= 11 is 0. The van der Waals surface area contributed by atoms with Gasteiger partial charge in [0.25, 0.3) is 0 Å². The molecule has 0 spiro atoms. The molecule has 1 saturated heterocycles. The number of fused-ring (bicyclic) bond motifs is 1. The zero-order valence-electron chi connectivity index (χ0n) is 23.0. The van der Waals surface area contributed by atoms with E-state index in [4.69, 9.17) is 4.74 Å². The normalized spacial score (nSPS) is 21.1. The van der Waals surface area contributed by atoms with Gasteiger partial charge >= 0.3 is 6.18 Å². The highest BCUT2D eigenvalue weighted by Gasteiger charge is 2.34. The summed E-state index contributed by atoms with van der Waals surface area (Å²) in [6.07, 6.45) is 1.65. The molecule has 0 aliphatic carbocycles. The van der Waals surface area contributed by atoms with E-state index in [0.717, 1.165) is 57.7 Å². The fourth-order valence-corrected chi connectivity index (χ4v) is 4.87. The van der Waals surface area contributed by atoms with Crippen molar-refractivity contribution >= 4 is 5.91 Å². The number of ether oxygens (including phenoxy) is 1. The molecule has 3 heterocycles. The largest absolute Gasteiger partial charge is 0.417 e. The third-order valence-corrected chi connectivity index (χ3v) is 7.37. The van der Waals surface area contributed by atoms with Gasteiger partial charge in [-0.05, 0) is 62.1 Å². The van der Waals surface area contributed by atoms with Crippen molar-refractivity contribution in [2.24, 2.45) is 17.3 Å². The zero-order chi connectivity index (χ0) is 26.9.